The number of imide groups is 1. The van der Waals surface area contributed by atoms with Crippen LogP contribution < -0.4 is 15.6 Å². The summed E-state index contributed by atoms with van der Waals surface area (Å²) < 4.78 is 11.4. The molecule has 9 heteroatoms. The summed E-state index contributed by atoms with van der Waals surface area (Å²) in [5, 5.41) is 2.90. The predicted octanol–water partition coefficient (Wildman–Crippen LogP) is 2.76. The highest BCUT2D eigenvalue weighted by Gasteiger charge is 2.16. The number of alkyl carbamates (subject to hydrolysis) is 1. The molecule has 0 radical (unpaired) electrons. The summed E-state index contributed by atoms with van der Waals surface area (Å²) in [5.41, 5.74) is 0.808. The molecule has 3 rings (SSSR count). The molecule has 3 aromatic rings. The van der Waals surface area contributed by atoms with Gasteiger partial charge in [0, 0.05) is 6.07 Å². The smallest absolute Gasteiger partial charge is 0.413 e. The van der Waals surface area contributed by atoms with E-state index in [1.165, 1.54) is 11.7 Å². The summed E-state index contributed by atoms with van der Waals surface area (Å²) in [6.45, 7) is 1.80. The number of thioether (sulfide) groups is 1. The number of hydrogen-bond acceptors (Lipinski definition) is 7. The number of benzene rings is 2. The molecule has 2 amide bonds. The number of fused-ring (bicyclic) bond motifs is 1. The quantitative estimate of drug-likeness (QED) is 0.490. The predicted molar refractivity (Wildman–Crippen MR) is 110 cm³/mol. The Balaban J connectivity index is 2.00. The molecule has 29 heavy (non-hydrogen) atoms. The van der Waals surface area contributed by atoms with Gasteiger partial charge in [0.2, 0.25) is 5.91 Å². The first-order valence-corrected chi connectivity index (χ1v) is 9.77. The van der Waals surface area contributed by atoms with Gasteiger partial charge in [-0.3, -0.25) is 19.5 Å². The number of para-hydroxylation sites is 1. The van der Waals surface area contributed by atoms with E-state index >= 15 is 0 Å². The molecule has 1 N–H and O–H groups in total. The Labute approximate surface area is 170 Å². The SMILES string of the molecule is CCOC(=O)NC(=O)CSc1nc2ccccc2c(=O)n1-c1cccc(OC)c1. The van der Waals surface area contributed by atoms with Crippen LogP contribution in [0.5, 0.6) is 5.75 Å². The molecule has 0 spiro atoms. The van der Waals surface area contributed by atoms with Crippen molar-refractivity contribution in [1.29, 1.82) is 0 Å². The van der Waals surface area contributed by atoms with Gasteiger partial charge in [0.1, 0.15) is 5.75 Å². The van der Waals surface area contributed by atoms with E-state index in [2.05, 4.69) is 10.3 Å². The minimum Gasteiger partial charge on any atom is -0.497 e. The van der Waals surface area contributed by atoms with E-state index in [4.69, 9.17) is 9.47 Å². The number of carbonyl (C=O) groups excluding carboxylic acids is 2. The second-order valence-electron chi connectivity index (χ2n) is 5.81. The minimum absolute atomic E-state index is 0.117. The average Bonchev–Trinajstić information content (AvgIpc) is 2.72. The van der Waals surface area contributed by atoms with E-state index < -0.39 is 12.0 Å². The van der Waals surface area contributed by atoms with Crippen LogP contribution in [0, 0.1) is 0 Å². The van der Waals surface area contributed by atoms with Crippen molar-refractivity contribution in [3.05, 3.63) is 58.9 Å². The molecule has 0 unspecified atom stereocenters. The Kier molecular flexibility index (Phi) is 6.50. The van der Waals surface area contributed by atoms with E-state index in [-0.39, 0.29) is 17.9 Å². The third kappa shape index (κ3) is 4.75. The Bertz CT molecular complexity index is 1110. The van der Waals surface area contributed by atoms with Crippen molar-refractivity contribution in [2.45, 2.75) is 12.1 Å². The number of ether oxygens (including phenoxy) is 2. The number of hydrogen-bond donors (Lipinski definition) is 1. The van der Waals surface area contributed by atoms with Gasteiger partial charge >= 0.3 is 6.09 Å². The number of carbonyl (C=O) groups is 2. The lowest BCUT2D eigenvalue weighted by atomic mass is 10.2. The molecule has 0 saturated carbocycles. The summed E-state index contributed by atoms with van der Waals surface area (Å²) >= 11 is 1.04. The van der Waals surface area contributed by atoms with Crippen LogP contribution in [0.2, 0.25) is 0 Å². The first-order chi connectivity index (χ1) is 14.0. The number of methoxy groups -OCH3 is 1. The Morgan fingerprint density at radius 1 is 1.17 bits per heavy atom. The van der Waals surface area contributed by atoms with Gasteiger partial charge in [-0.1, -0.05) is 30.0 Å². The average molecular weight is 413 g/mol. The monoisotopic (exact) mass is 413 g/mol. The molecule has 0 saturated heterocycles. The Hall–Kier alpha value is -3.33. The van der Waals surface area contributed by atoms with Gasteiger partial charge in [-0.25, -0.2) is 9.78 Å². The normalized spacial score (nSPS) is 10.6. The van der Waals surface area contributed by atoms with Crippen molar-refractivity contribution in [1.82, 2.24) is 14.9 Å². The molecule has 0 fully saturated rings. The maximum absolute atomic E-state index is 13.2. The fraction of sp³-hybridized carbons (Fsp3) is 0.200. The van der Waals surface area contributed by atoms with Gasteiger partial charge in [-0.15, -0.1) is 0 Å². The molecule has 8 nitrogen and oxygen atoms in total. The zero-order valence-electron chi connectivity index (χ0n) is 15.9. The maximum atomic E-state index is 13.2. The second-order valence-corrected chi connectivity index (χ2v) is 6.75. The maximum Gasteiger partial charge on any atom is 0.413 e. The number of aromatic nitrogens is 2. The molecule has 0 aliphatic carbocycles. The molecule has 2 aromatic carbocycles. The van der Waals surface area contributed by atoms with Crippen LogP contribution >= 0.6 is 11.8 Å². The number of amides is 2. The van der Waals surface area contributed by atoms with Gasteiger partial charge in [0.25, 0.3) is 5.56 Å². The highest BCUT2D eigenvalue weighted by Crippen LogP contribution is 2.23. The highest BCUT2D eigenvalue weighted by atomic mass is 32.2. The van der Waals surface area contributed by atoms with Gasteiger partial charge in [-0.05, 0) is 31.2 Å². The highest BCUT2D eigenvalue weighted by molar-refractivity contribution is 7.99. The van der Waals surface area contributed by atoms with E-state index in [1.807, 2.05) is 0 Å². The minimum atomic E-state index is -0.810. The van der Waals surface area contributed by atoms with E-state index in [0.29, 0.717) is 27.5 Å². The molecule has 1 aromatic heterocycles. The number of nitrogens with one attached hydrogen (secondary N) is 1. The summed E-state index contributed by atoms with van der Waals surface area (Å²) in [6, 6.07) is 14.0. The first kappa shape index (κ1) is 20.4. The third-order valence-electron chi connectivity index (χ3n) is 3.91. The molecular weight excluding hydrogens is 394 g/mol. The topological polar surface area (TPSA) is 99.5 Å². The van der Waals surface area contributed by atoms with Crippen molar-refractivity contribution in [2.24, 2.45) is 0 Å². The molecule has 0 atom stereocenters. The summed E-state index contributed by atoms with van der Waals surface area (Å²) in [6.07, 6.45) is -0.810. The Morgan fingerprint density at radius 3 is 2.72 bits per heavy atom. The van der Waals surface area contributed by atoms with Gasteiger partial charge in [0.05, 0.1) is 36.1 Å². The van der Waals surface area contributed by atoms with Crippen LogP contribution in [0.4, 0.5) is 4.79 Å². The summed E-state index contributed by atoms with van der Waals surface area (Å²) in [7, 11) is 1.54. The van der Waals surface area contributed by atoms with Crippen molar-refractivity contribution >= 4 is 34.7 Å². The lowest BCUT2D eigenvalue weighted by Crippen LogP contribution is -2.32. The fourth-order valence-electron chi connectivity index (χ4n) is 2.63. The van der Waals surface area contributed by atoms with Crippen LogP contribution in [0.3, 0.4) is 0 Å². The van der Waals surface area contributed by atoms with Gasteiger partial charge in [-0.2, -0.15) is 0 Å². The van der Waals surface area contributed by atoms with Gasteiger partial charge in [0.15, 0.2) is 5.16 Å². The van der Waals surface area contributed by atoms with E-state index in [1.54, 1.807) is 55.5 Å². The van der Waals surface area contributed by atoms with Crippen LogP contribution in [-0.2, 0) is 9.53 Å². The van der Waals surface area contributed by atoms with Crippen LogP contribution in [0.15, 0.2) is 58.5 Å². The van der Waals surface area contributed by atoms with Crippen molar-refractivity contribution in [2.75, 3.05) is 19.5 Å². The van der Waals surface area contributed by atoms with Crippen LogP contribution in [-0.4, -0.2) is 41.0 Å². The van der Waals surface area contributed by atoms with Gasteiger partial charge < -0.3 is 9.47 Å². The molecule has 1 heterocycles. The summed E-state index contributed by atoms with van der Waals surface area (Å²) in [5.74, 6) is -0.0836. The largest absolute Gasteiger partial charge is 0.497 e. The lowest BCUT2D eigenvalue weighted by molar-refractivity contribution is -0.117. The molecule has 150 valence electrons. The number of rotatable bonds is 6. The fourth-order valence-corrected chi connectivity index (χ4v) is 3.45. The van der Waals surface area contributed by atoms with Crippen LogP contribution in [0.1, 0.15) is 6.92 Å². The zero-order valence-corrected chi connectivity index (χ0v) is 16.7. The van der Waals surface area contributed by atoms with E-state index in [9.17, 15) is 14.4 Å². The molecule has 0 bridgehead atoms. The van der Waals surface area contributed by atoms with Crippen molar-refractivity contribution in [3.63, 3.8) is 0 Å². The Morgan fingerprint density at radius 2 is 1.97 bits per heavy atom. The second kappa shape index (κ2) is 9.24. The lowest BCUT2D eigenvalue weighted by Gasteiger charge is -2.14. The molecule has 0 aliphatic rings. The first-order valence-electron chi connectivity index (χ1n) is 8.79. The molecular formula is C20H19N3O5S. The van der Waals surface area contributed by atoms with Crippen molar-refractivity contribution in [3.8, 4) is 11.4 Å². The summed E-state index contributed by atoms with van der Waals surface area (Å²) in [4.78, 5) is 41.1. The molecule has 0 aliphatic heterocycles. The number of nitrogens with zero attached hydrogens (tertiary/aromatic N) is 2. The van der Waals surface area contributed by atoms with E-state index in [0.717, 1.165) is 11.8 Å². The van der Waals surface area contributed by atoms with Crippen molar-refractivity contribution < 1.29 is 19.1 Å². The van der Waals surface area contributed by atoms with Crippen LogP contribution in [0.25, 0.3) is 16.6 Å². The standard InChI is InChI=1S/C20H19N3O5S/c1-3-28-20(26)22-17(24)12-29-19-21-16-10-5-4-9-15(16)18(25)23(19)13-7-6-8-14(11-13)27-2/h4-11H,3,12H2,1-2H3,(H,22,24,26). The zero-order chi connectivity index (χ0) is 20.8. The third-order valence-corrected chi connectivity index (χ3v) is 4.84.